The first-order chi connectivity index (χ1) is 10.7. The van der Waals surface area contributed by atoms with Gasteiger partial charge in [-0.3, -0.25) is 0 Å². The molecule has 0 N–H and O–H groups in total. The second-order valence-corrected chi connectivity index (χ2v) is 8.15. The molecule has 0 aliphatic rings. The Kier molecular flexibility index (Phi) is 7.96. The highest BCUT2D eigenvalue weighted by Crippen LogP contribution is 2.13. The van der Waals surface area contributed by atoms with Crippen LogP contribution in [0.25, 0.3) is 0 Å². The molecule has 0 spiro atoms. The van der Waals surface area contributed by atoms with Gasteiger partial charge in [0, 0.05) is 11.5 Å². The van der Waals surface area contributed by atoms with Crippen LogP contribution in [0.2, 0.25) is 0 Å². The van der Waals surface area contributed by atoms with Gasteiger partial charge in [-0.25, -0.2) is 0 Å². The van der Waals surface area contributed by atoms with Gasteiger partial charge in [0.2, 0.25) is 0 Å². The number of aryl methyl sites for hydroxylation is 4. The third-order valence-corrected chi connectivity index (χ3v) is 5.91. The van der Waals surface area contributed by atoms with E-state index in [9.17, 15) is 0 Å². The molecule has 22 heavy (non-hydrogen) atoms. The highest BCUT2D eigenvalue weighted by Gasteiger charge is 1.96. The Morgan fingerprint density at radius 1 is 0.545 bits per heavy atom. The third kappa shape index (κ3) is 6.93. The number of rotatable bonds is 9. The minimum atomic E-state index is 1.19. The van der Waals surface area contributed by atoms with E-state index in [1.807, 2.05) is 0 Å². The van der Waals surface area contributed by atoms with Gasteiger partial charge in [0.25, 0.3) is 0 Å². The Morgan fingerprint density at radius 3 is 1.27 bits per heavy atom. The lowest BCUT2D eigenvalue weighted by atomic mass is 10.1. The van der Waals surface area contributed by atoms with Gasteiger partial charge < -0.3 is 0 Å². The molecule has 0 nitrogen and oxygen atoms in total. The summed E-state index contributed by atoms with van der Waals surface area (Å²) in [6, 6.07) is 17.9. The Morgan fingerprint density at radius 2 is 0.909 bits per heavy atom. The molecule has 2 aromatic rings. The summed E-state index contributed by atoms with van der Waals surface area (Å²) in [5.74, 6) is 5.01. The summed E-state index contributed by atoms with van der Waals surface area (Å²) in [4.78, 5) is 0. The second kappa shape index (κ2) is 10.0. The largest absolute Gasteiger partial charge is 0.161 e. The molecular formula is C20H26S2. The smallest absolute Gasteiger partial charge is 0.00237 e. The molecule has 0 heterocycles. The first kappa shape index (κ1) is 17.5. The van der Waals surface area contributed by atoms with Gasteiger partial charge in [-0.15, -0.1) is 0 Å². The van der Waals surface area contributed by atoms with E-state index in [1.54, 1.807) is 0 Å². The minimum absolute atomic E-state index is 1.19. The molecule has 0 saturated heterocycles. The van der Waals surface area contributed by atoms with Gasteiger partial charge in [-0.1, -0.05) is 59.7 Å². The number of thioether (sulfide) groups is 2. The highest BCUT2D eigenvalue weighted by atomic mass is 32.2. The van der Waals surface area contributed by atoms with Crippen LogP contribution in [0.5, 0.6) is 0 Å². The molecule has 118 valence electrons. The monoisotopic (exact) mass is 330 g/mol. The Bertz CT molecular complexity index is 477. The summed E-state index contributed by atoms with van der Waals surface area (Å²) < 4.78 is 0. The lowest BCUT2D eigenvalue weighted by Crippen LogP contribution is -1.94. The van der Waals surface area contributed by atoms with Crippen LogP contribution < -0.4 is 0 Å². The van der Waals surface area contributed by atoms with E-state index in [2.05, 4.69) is 85.9 Å². The maximum absolute atomic E-state index is 2.26. The maximum atomic E-state index is 2.26. The van der Waals surface area contributed by atoms with Gasteiger partial charge in [-0.2, -0.15) is 23.5 Å². The standard InChI is InChI=1S/C20H26S2/c1-17-3-7-19(8-4-17)11-13-21-15-16-22-14-12-20-9-5-18(2)6-10-20/h3-10H,11-16H2,1-2H3. The zero-order valence-corrected chi connectivity index (χ0v) is 15.3. The molecule has 0 atom stereocenters. The molecule has 0 bridgehead atoms. The number of benzene rings is 2. The lowest BCUT2D eigenvalue weighted by Gasteiger charge is -2.04. The van der Waals surface area contributed by atoms with Crippen molar-refractivity contribution in [3.05, 3.63) is 70.8 Å². The van der Waals surface area contributed by atoms with Crippen LogP contribution in [-0.2, 0) is 12.8 Å². The molecule has 0 aromatic heterocycles. The zero-order valence-electron chi connectivity index (χ0n) is 13.7. The van der Waals surface area contributed by atoms with E-state index in [4.69, 9.17) is 0 Å². The van der Waals surface area contributed by atoms with E-state index in [0.717, 1.165) is 0 Å². The normalized spacial score (nSPS) is 10.8. The fraction of sp³-hybridized carbons (Fsp3) is 0.400. The summed E-state index contributed by atoms with van der Waals surface area (Å²) in [5.41, 5.74) is 5.62. The first-order valence-corrected chi connectivity index (χ1v) is 10.3. The fourth-order valence-corrected chi connectivity index (χ4v) is 4.32. The van der Waals surface area contributed by atoms with Crippen molar-refractivity contribution < 1.29 is 0 Å². The number of hydrogen-bond donors (Lipinski definition) is 0. The van der Waals surface area contributed by atoms with Crippen molar-refractivity contribution in [2.45, 2.75) is 26.7 Å². The van der Waals surface area contributed by atoms with Crippen molar-refractivity contribution in [2.75, 3.05) is 23.0 Å². The average molecular weight is 331 g/mol. The summed E-state index contributed by atoms with van der Waals surface area (Å²) >= 11 is 4.16. The molecule has 0 fully saturated rings. The Balaban J connectivity index is 1.47. The van der Waals surface area contributed by atoms with Crippen LogP contribution >= 0.6 is 23.5 Å². The van der Waals surface area contributed by atoms with Gasteiger partial charge in [0.1, 0.15) is 0 Å². The molecule has 0 aliphatic heterocycles. The van der Waals surface area contributed by atoms with E-state index >= 15 is 0 Å². The molecular weight excluding hydrogens is 304 g/mol. The van der Waals surface area contributed by atoms with Gasteiger partial charge in [0.15, 0.2) is 0 Å². The third-order valence-electron chi connectivity index (χ3n) is 3.68. The van der Waals surface area contributed by atoms with Gasteiger partial charge in [0.05, 0.1) is 0 Å². The van der Waals surface area contributed by atoms with Crippen molar-refractivity contribution in [3.63, 3.8) is 0 Å². The predicted molar refractivity (Wildman–Crippen MR) is 104 cm³/mol. The van der Waals surface area contributed by atoms with Crippen molar-refractivity contribution >= 4 is 23.5 Å². The van der Waals surface area contributed by atoms with Gasteiger partial charge >= 0.3 is 0 Å². The maximum Gasteiger partial charge on any atom is 0.00237 e. The topological polar surface area (TPSA) is 0 Å². The van der Waals surface area contributed by atoms with E-state index < -0.39 is 0 Å². The minimum Gasteiger partial charge on any atom is -0.161 e. The van der Waals surface area contributed by atoms with Crippen molar-refractivity contribution in [2.24, 2.45) is 0 Å². The highest BCUT2D eigenvalue weighted by molar-refractivity contribution is 8.02. The van der Waals surface area contributed by atoms with Crippen LogP contribution in [-0.4, -0.2) is 23.0 Å². The quantitative estimate of drug-likeness (QED) is 0.552. The lowest BCUT2D eigenvalue weighted by molar-refractivity contribution is 1.15. The first-order valence-electron chi connectivity index (χ1n) is 8.00. The second-order valence-electron chi connectivity index (χ2n) is 5.70. The molecule has 0 radical (unpaired) electrons. The molecule has 2 heteroatoms. The Hall–Kier alpha value is -0.860. The van der Waals surface area contributed by atoms with E-state index in [-0.39, 0.29) is 0 Å². The van der Waals surface area contributed by atoms with Crippen molar-refractivity contribution in [1.29, 1.82) is 0 Å². The SMILES string of the molecule is Cc1ccc(CCSCCSCCc2ccc(C)cc2)cc1. The molecule has 0 amide bonds. The zero-order chi connectivity index (χ0) is 15.6. The van der Waals surface area contributed by atoms with Crippen molar-refractivity contribution in [1.82, 2.24) is 0 Å². The Labute approximate surface area is 144 Å². The van der Waals surface area contributed by atoms with Crippen LogP contribution in [0.3, 0.4) is 0 Å². The van der Waals surface area contributed by atoms with E-state index in [0.29, 0.717) is 0 Å². The summed E-state index contributed by atoms with van der Waals surface area (Å²) in [7, 11) is 0. The van der Waals surface area contributed by atoms with Crippen LogP contribution in [0, 0.1) is 13.8 Å². The molecule has 0 unspecified atom stereocenters. The molecule has 0 aliphatic carbocycles. The number of hydrogen-bond acceptors (Lipinski definition) is 2. The average Bonchev–Trinajstić information content (AvgIpc) is 2.53. The van der Waals surface area contributed by atoms with Crippen LogP contribution in [0.15, 0.2) is 48.5 Å². The molecule has 0 saturated carbocycles. The summed E-state index contributed by atoms with van der Waals surface area (Å²) in [6.45, 7) is 4.29. The molecule has 2 aromatic carbocycles. The molecule has 2 rings (SSSR count). The van der Waals surface area contributed by atoms with Crippen LogP contribution in [0.4, 0.5) is 0 Å². The fourth-order valence-electron chi connectivity index (χ4n) is 2.21. The van der Waals surface area contributed by atoms with Crippen LogP contribution in [0.1, 0.15) is 22.3 Å². The predicted octanol–water partition coefficient (Wildman–Crippen LogP) is 5.56. The van der Waals surface area contributed by atoms with Crippen molar-refractivity contribution in [3.8, 4) is 0 Å². The van der Waals surface area contributed by atoms with Gasteiger partial charge in [-0.05, 0) is 49.3 Å². The summed E-state index contributed by atoms with van der Waals surface area (Å²) in [5, 5.41) is 0. The summed E-state index contributed by atoms with van der Waals surface area (Å²) in [6.07, 6.45) is 2.39. The van der Waals surface area contributed by atoms with E-state index in [1.165, 1.54) is 58.1 Å².